The summed E-state index contributed by atoms with van der Waals surface area (Å²) in [4.78, 5) is 26.8. The summed E-state index contributed by atoms with van der Waals surface area (Å²) in [6.45, 7) is 3.77. The van der Waals surface area contributed by atoms with Crippen LogP contribution >= 0.6 is 11.6 Å². The molecule has 1 aromatic heterocycles. The molecule has 2 rings (SSSR count). The third-order valence-corrected chi connectivity index (χ3v) is 3.45. The molecule has 0 aliphatic carbocycles. The molecule has 0 amide bonds. The topological polar surface area (TPSA) is 78.7 Å². The van der Waals surface area contributed by atoms with Gasteiger partial charge in [0.15, 0.2) is 0 Å². The van der Waals surface area contributed by atoms with E-state index in [-0.39, 0.29) is 17.6 Å². The number of hydrogen-bond donors (Lipinski definition) is 1. The first-order valence-corrected chi connectivity index (χ1v) is 6.83. The highest BCUT2D eigenvalue weighted by atomic mass is 35.5. The number of nitriles is 1. The van der Waals surface area contributed by atoms with E-state index in [1.165, 1.54) is 0 Å². The first-order chi connectivity index (χ1) is 9.93. The van der Waals surface area contributed by atoms with E-state index in [9.17, 15) is 9.59 Å². The number of benzene rings is 1. The number of H-pyrrole nitrogens is 1. The van der Waals surface area contributed by atoms with Crippen LogP contribution in [0.3, 0.4) is 0 Å². The van der Waals surface area contributed by atoms with Gasteiger partial charge in [0, 0.05) is 0 Å². The molecule has 0 spiro atoms. The van der Waals surface area contributed by atoms with Crippen LogP contribution in [-0.2, 0) is 6.54 Å². The lowest BCUT2D eigenvalue weighted by Gasteiger charge is -2.11. The number of aromatic nitrogens is 2. The Kier molecular flexibility index (Phi) is 4.29. The van der Waals surface area contributed by atoms with Gasteiger partial charge < -0.3 is 0 Å². The quantitative estimate of drug-likeness (QED) is 0.883. The molecule has 0 aliphatic rings. The molecule has 0 aliphatic heterocycles. The first-order valence-electron chi connectivity index (χ1n) is 6.45. The normalized spacial score (nSPS) is 10.6. The first kappa shape index (κ1) is 15.1. The van der Waals surface area contributed by atoms with Crippen molar-refractivity contribution in [3.05, 3.63) is 66.9 Å². The summed E-state index contributed by atoms with van der Waals surface area (Å²) in [6.07, 6.45) is 0. The summed E-state index contributed by atoms with van der Waals surface area (Å²) in [5.41, 5.74) is 0.610. The summed E-state index contributed by atoms with van der Waals surface area (Å²) in [5, 5.41) is 8.97. The molecule has 0 radical (unpaired) electrons. The number of nitrogens with zero attached hydrogens (tertiary/aromatic N) is 2. The second-order valence-corrected chi connectivity index (χ2v) is 5.39. The fourth-order valence-corrected chi connectivity index (χ4v) is 2.51. The zero-order valence-corrected chi connectivity index (χ0v) is 12.4. The van der Waals surface area contributed by atoms with E-state index in [1.807, 2.05) is 19.9 Å². The highest BCUT2D eigenvalue weighted by molar-refractivity contribution is 6.30. The van der Waals surface area contributed by atoms with Gasteiger partial charge in [0.25, 0.3) is 5.56 Å². The van der Waals surface area contributed by atoms with Crippen LogP contribution in [0.25, 0.3) is 0 Å². The van der Waals surface area contributed by atoms with Crippen LogP contribution in [0, 0.1) is 11.3 Å². The molecule has 0 bridgehead atoms. The van der Waals surface area contributed by atoms with Gasteiger partial charge >= 0.3 is 5.69 Å². The summed E-state index contributed by atoms with van der Waals surface area (Å²) >= 11 is 5.94. The summed E-state index contributed by atoms with van der Waals surface area (Å²) < 4.78 is 1.09. The summed E-state index contributed by atoms with van der Waals surface area (Å²) in [6, 6.07) is 8.81. The Labute approximate surface area is 126 Å². The van der Waals surface area contributed by atoms with Gasteiger partial charge in [-0.15, -0.1) is 0 Å². The maximum absolute atomic E-state index is 12.4. The Balaban J connectivity index is 2.55. The molecule has 1 N–H and O–H groups in total. The second kappa shape index (κ2) is 5.98. The Bertz CT molecular complexity index is 828. The highest BCUT2D eigenvalue weighted by Crippen LogP contribution is 2.16. The zero-order valence-electron chi connectivity index (χ0n) is 11.7. The minimum absolute atomic E-state index is 0.0852. The predicted molar refractivity (Wildman–Crippen MR) is 80.7 cm³/mol. The van der Waals surface area contributed by atoms with Gasteiger partial charge in [-0.25, -0.2) is 4.79 Å². The van der Waals surface area contributed by atoms with Gasteiger partial charge in [-0.05, 0) is 23.6 Å². The van der Waals surface area contributed by atoms with Crippen molar-refractivity contribution < 1.29 is 0 Å². The number of hydrogen-bond acceptors (Lipinski definition) is 3. The molecule has 6 heteroatoms. The van der Waals surface area contributed by atoms with Crippen LogP contribution in [0.15, 0.2) is 33.9 Å². The number of nitrogens with one attached hydrogen (secondary N) is 1. The van der Waals surface area contributed by atoms with Crippen molar-refractivity contribution in [3.8, 4) is 6.07 Å². The lowest BCUT2D eigenvalue weighted by Crippen LogP contribution is -2.38. The molecule has 0 fully saturated rings. The minimum Gasteiger partial charge on any atom is -0.297 e. The van der Waals surface area contributed by atoms with Crippen LogP contribution in [0.1, 0.15) is 36.5 Å². The van der Waals surface area contributed by atoms with E-state index in [2.05, 4.69) is 4.98 Å². The van der Waals surface area contributed by atoms with Crippen molar-refractivity contribution in [3.63, 3.8) is 0 Å². The molecule has 0 unspecified atom stereocenters. The molecule has 0 saturated carbocycles. The van der Waals surface area contributed by atoms with Gasteiger partial charge in [0.05, 0.1) is 23.7 Å². The standard InChI is InChI=1S/C15H14ClN3O2/c1-9(2)12-13(16)18-15(21)19(14(12)20)8-11-5-3-4-10(6-11)7-17/h3-6,9H,8H2,1-2H3,(H,18,21). The van der Waals surface area contributed by atoms with E-state index in [1.54, 1.807) is 24.3 Å². The second-order valence-electron chi connectivity index (χ2n) is 5.02. The number of rotatable bonds is 3. The zero-order chi connectivity index (χ0) is 15.6. The van der Waals surface area contributed by atoms with Gasteiger partial charge in [0.2, 0.25) is 0 Å². The van der Waals surface area contributed by atoms with Crippen LogP contribution in [0.5, 0.6) is 0 Å². The van der Waals surface area contributed by atoms with Crippen molar-refractivity contribution in [1.29, 1.82) is 5.26 Å². The van der Waals surface area contributed by atoms with Crippen LogP contribution in [0.2, 0.25) is 5.15 Å². The van der Waals surface area contributed by atoms with Crippen LogP contribution in [-0.4, -0.2) is 9.55 Å². The fourth-order valence-electron chi connectivity index (χ4n) is 2.13. The van der Waals surface area contributed by atoms with Gasteiger partial charge in [-0.3, -0.25) is 14.3 Å². The summed E-state index contributed by atoms with van der Waals surface area (Å²) in [7, 11) is 0. The average molecular weight is 304 g/mol. The Morgan fingerprint density at radius 3 is 2.71 bits per heavy atom. The lowest BCUT2D eigenvalue weighted by atomic mass is 10.1. The van der Waals surface area contributed by atoms with Crippen molar-refractivity contribution >= 4 is 11.6 Å². The van der Waals surface area contributed by atoms with Crippen molar-refractivity contribution in [1.82, 2.24) is 9.55 Å². The Hall–Kier alpha value is -2.32. The van der Waals surface area contributed by atoms with Crippen molar-refractivity contribution in [2.45, 2.75) is 26.3 Å². The Morgan fingerprint density at radius 2 is 2.10 bits per heavy atom. The fraction of sp³-hybridized carbons (Fsp3) is 0.267. The SMILES string of the molecule is CC(C)c1c(Cl)[nH]c(=O)n(Cc2cccc(C#N)c2)c1=O. The molecule has 0 atom stereocenters. The van der Waals surface area contributed by atoms with Crippen LogP contribution in [0.4, 0.5) is 0 Å². The van der Waals surface area contributed by atoms with E-state index in [0.717, 1.165) is 4.57 Å². The minimum atomic E-state index is -0.559. The molecule has 1 heterocycles. The largest absolute Gasteiger partial charge is 0.329 e. The molecule has 2 aromatic rings. The molecule has 108 valence electrons. The lowest BCUT2D eigenvalue weighted by molar-refractivity contribution is 0.670. The molecular formula is C15H14ClN3O2. The molecule has 1 aromatic carbocycles. The monoisotopic (exact) mass is 303 g/mol. The number of halogens is 1. The van der Waals surface area contributed by atoms with E-state index >= 15 is 0 Å². The average Bonchev–Trinajstić information content (AvgIpc) is 2.43. The number of aromatic amines is 1. The van der Waals surface area contributed by atoms with E-state index in [0.29, 0.717) is 16.7 Å². The summed E-state index contributed by atoms with van der Waals surface area (Å²) in [5.74, 6) is -0.0986. The molecule has 5 nitrogen and oxygen atoms in total. The van der Waals surface area contributed by atoms with E-state index < -0.39 is 11.2 Å². The van der Waals surface area contributed by atoms with E-state index in [4.69, 9.17) is 16.9 Å². The van der Waals surface area contributed by atoms with Gasteiger partial charge in [-0.1, -0.05) is 37.6 Å². The molecule has 21 heavy (non-hydrogen) atoms. The Morgan fingerprint density at radius 1 is 1.38 bits per heavy atom. The maximum Gasteiger partial charge on any atom is 0.329 e. The maximum atomic E-state index is 12.4. The third kappa shape index (κ3) is 3.06. The smallest absolute Gasteiger partial charge is 0.297 e. The predicted octanol–water partition coefficient (Wildman–Crippen LogP) is 2.23. The molecule has 0 saturated heterocycles. The van der Waals surface area contributed by atoms with Crippen LogP contribution < -0.4 is 11.2 Å². The van der Waals surface area contributed by atoms with Crippen molar-refractivity contribution in [2.75, 3.05) is 0 Å². The highest BCUT2D eigenvalue weighted by Gasteiger charge is 2.15. The van der Waals surface area contributed by atoms with Gasteiger partial charge in [-0.2, -0.15) is 5.26 Å². The van der Waals surface area contributed by atoms with Gasteiger partial charge in [0.1, 0.15) is 5.15 Å². The van der Waals surface area contributed by atoms with Crippen molar-refractivity contribution in [2.24, 2.45) is 0 Å². The third-order valence-electron chi connectivity index (χ3n) is 3.15. The molecular weight excluding hydrogens is 290 g/mol.